The first-order valence-electron chi connectivity index (χ1n) is 5.58. The van der Waals surface area contributed by atoms with Gasteiger partial charge in [-0.2, -0.15) is 0 Å². The van der Waals surface area contributed by atoms with Crippen LogP contribution in [0.3, 0.4) is 0 Å². The van der Waals surface area contributed by atoms with E-state index in [0.29, 0.717) is 11.0 Å². The second kappa shape index (κ2) is 7.34. The molecule has 2 nitrogen and oxygen atoms in total. The van der Waals surface area contributed by atoms with Crippen molar-refractivity contribution >= 4 is 17.7 Å². The molecule has 0 aromatic heterocycles. The van der Waals surface area contributed by atoms with Crippen molar-refractivity contribution in [1.82, 2.24) is 5.32 Å². The average molecular weight is 237 g/mol. The summed E-state index contributed by atoms with van der Waals surface area (Å²) in [6, 6.07) is 10.5. The Bertz CT molecular complexity index is 313. The Labute approximate surface area is 102 Å². The van der Waals surface area contributed by atoms with Crippen LogP contribution in [0.2, 0.25) is 0 Å². The fraction of sp³-hybridized carbons (Fsp3) is 0.462. The predicted octanol–water partition coefficient (Wildman–Crippen LogP) is 2.49. The van der Waals surface area contributed by atoms with Gasteiger partial charge in [0, 0.05) is 12.3 Å². The Hall–Kier alpha value is -0.960. The zero-order valence-corrected chi connectivity index (χ0v) is 10.7. The molecule has 1 atom stereocenters. The zero-order chi connectivity index (χ0) is 11.8. The van der Waals surface area contributed by atoms with E-state index in [1.807, 2.05) is 6.07 Å². The highest BCUT2D eigenvalue weighted by Gasteiger charge is 2.05. The molecule has 1 aromatic carbocycles. The van der Waals surface area contributed by atoms with Gasteiger partial charge in [0.25, 0.3) is 0 Å². The summed E-state index contributed by atoms with van der Waals surface area (Å²) in [5.74, 6) is 0.670. The number of thioether (sulfide) groups is 1. The summed E-state index contributed by atoms with van der Waals surface area (Å²) in [4.78, 5) is 11.1. The van der Waals surface area contributed by atoms with Crippen molar-refractivity contribution in [1.29, 1.82) is 0 Å². The van der Waals surface area contributed by atoms with Crippen LogP contribution in [-0.2, 0) is 11.2 Å². The van der Waals surface area contributed by atoms with E-state index >= 15 is 0 Å². The fourth-order valence-corrected chi connectivity index (χ4v) is 2.25. The van der Waals surface area contributed by atoms with Crippen molar-refractivity contribution < 1.29 is 4.79 Å². The molecular formula is C13H19NOS. The molecule has 0 unspecified atom stereocenters. The monoisotopic (exact) mass is 237 g/mol. The molecule has 0 fully saturated rings. The van der Waals surface area contributed by atoms with Gasteiger partial charge >= 0.3 is 0 Å². The highest BCUT2D eigenvalue weighted by atomic mass is 32.2. The molecule has 0 aliphatic carbocycles. The summed E-state index contributed by atoms with van der Waals surface area (Å²) in [7, 11) is 1.68. The topological polar surface area (TPSA) is 29.1 Å². The molecule has 0 heterocycles. The Morgan fingerprint density at radius 3 is 2.69 bits per heavy atom. The largest absolute Gasteiger partial charge is 0.358 e. The molecule has 1 rings (SSSR count). The number of aryl methyl sites for hydroxylation is 1. The zero-order valence-electron chi connectivity index (χ0n) is 9.90. The van der Waals surface area contributed by atoms with Crippen LogP contribution in [0.25, 0.3) is 0 Å². The van der Waals surface area contributed by atoms with E-state index in [1.54, 1.807) is 18.8 Å². The molecule has 16 heavy (non-hydrogen) atoms. The van der Waals surface area contributed by atoms with Crippen molar-refractivity contribution in [3.8, 4) is 0 Å². The molecule has 1 aromatic rings. The van der Waals surface area contributed by atoms with E-state index in [9.17, 15) is 4.79 Å². The van der Waals surface area contributed by atoms with Gasteiger partial charge in [0.15, 0.2) is 0 Å². The normalized spacial score (nSPS) is 12.1. The smallest absolute Gasteiger partial charge is 0.229 e. The van der Waals surface area contributed by atoms with Gasteiger partial charge < -0.3 is 5.32 Å². The van der Waals surface area contributed by atoms with Crippen LogP contribution in [0.1, 0.15) is 18.9 Å². The van der Waals surface area contributed by atoms with Crippen LogP contribution >= 0.6 is 11.8 Å². The van der Waals surface area contributed by atoms with E-state index < -0.39 is 0 Å². The van der Waals surface area contributed by atoms with Gasteiger partial charge in [-0.15, -0.1) is 11.8 Å². The Morgan fingerprint density at radius 2 is 2.06 bits per heavy atom. The molecule has 3 heteroatoms. The SMILES string of the molecule is CNC(=O)CS[C@@H](C)CCc1ccccc1. The van der Waals surface area contributed by atoms with Crippen LogP contribution in [0, 0.1) is 0 Å². The Kier molecular flexibility index (Phi) is 6.01. The highest BCUT2D eigenvalue weighted by molar-refractivity contribution is 8.00. The number of rotatable bonds is 6. The lowest BCUT2D eigenvalue weighted by Crippen LogP contribution is -2.21. The molecule has 0 aliphatic rings. The second-order valence-corrected chi connectivity index (χ2v) is 5.25. The number of hydrogen-bond acceptors (Lipinski definition) is 2. The number of hydrogen-bond donors (Lipinski definition) is 1. The molecule has 88 valence electrons. The van der Waals surface area contributed by atoms with Gasteiger partial charge in [-0.3, -0.25) is 4.79 Å². The lowest BCUT2D eigenvalue weighted by atomic mass is 10.1. The third kappa shape index (κ3) is 5.21. The van der Waals surface area contributed by atoms with Crippen LogP contribution in [0.4, 0.5) is 0 Å². The van der Waals surface area contributed by atoms with Crippen LogP contribution in [-0.4, -0.2) is 24.0 Å². The summed E-state index contributed by atoms with van der Waals surface area (Å²) in [5, 5.41) is 3.16. The van der Waals surface area contributed by atoms with E-state index in [1.165, 1.54) is 5.56 Å². The maximum Gasteiger partial charge on any atom is 0.229 e. The molecule has 0 aliphatic heterocycles. The first-order valence-corrected chi connectivity index (χ1v) is 6.63. The molecule has 0 radical (unpaired) electrons. The maximum atomic E-state index is 11.1. The molecule has 1 N–H and O–H groups in total. The minimum Gasteiger partial charge on any atom is -0.358 e. The Morgan fingerprint density at radius 1 is 1.38 bits per heavy atom. The van der Waals surface area contributed by atoms with E-state index in [-0.39, 0.29) is 5.91 Å². The molecule has 0 bridgehead atoms. The van der Waals surface area contributed by atoms with Crippen LogP contribution in [0.15, 0.2) is 30.3 Å². The third-order valence-electron chi connectivity index (χ3n) is 2.46. The first-order chi connectivity index (χ1) is 7.72. The van der Waals surface area contributed by atoms with Crippen molar-refractivity contribution in [2.24, 2.45) is 0 Å². The molecular weight excluding hydrogens is 218 g/mol. The van der Waals surface area contributed by atoms with Gasteiger partial charge in [-0.1, -0.05) is 37.3 Å². The number of carbonyl (C=O) groups is 1. The number of amides is 1. The predicted molar refractivity (Wildman–Crippen MR) is 70.7 cm³/mol. The number of carbonyl (C=O) groups excluding carboxylic acids is 1. The first kappa shape index (κ1) is 13.1. The lowest BCUT2D eigenvalue weighted by molar-refractivity contribution is -0.118. The van der Waals surface area contributed by atoms with Gasteiger partial charge in [0.05, 0.1) is 5.75 Å². The van der Waals surface area contributed by atoms with Crippen LogP contribution < -0.4 is 5.32 Å². The molecule has 1 amide bonds. The van der Waals surface area contributed by atoms with Crippen molar-refractivity contribution in [3.05, 3.63) is 35.9 Å². The average Bonchev–Trinajstić information content (AvgIpc) is 2.34. The molecule has 0 saturated heterocycles. The van der Waals surface area contributed by atoms with Crippen LogP contribution in [0.5, 0.6) is 0 Å². The van der Waals surface area contributed by atoms with Gasteiger partial charge in [0.1, 0.15) is 0 Å². The van der Waals surface area contributed by atoms with Gasteiger partial charge in [0.2, 0.25) is 5.91 Å². The minimum atomic E-state index is 0.108. The second-order valence-electron chi connectivity index (χ2n) is 3.82. The molecule has 0 spiro atoms. The van der Waals surface area contributed by atoms with E-state index in [0.717, 1.165) is 12.8 Å². The lowest BCUT2D eigenvalue weighted by Gasteiger charge is -2.10. The van der Waals surface area contributed by atoms with Crippen molar-refractivity contribution in [2.75, 3.05) is 12.8 Å². The maximum absolute atomic E-state index is 11.1. The summed E-state index contributed by atoms with van der Waals surface area (Å²) < 4.78 is 0. The Balaban J connectivity index is 2.20. The van der Waals surface area contributed by atoms with E-state index in [4.69, 9.17) is 0 Å². The number of nitrogens with one attached hydrogen (secondary N) is 1. The minimum absolute atomic E-state index is 0.108. The quantitative estimate of drug-likeness (QED) is 0.823. The number of benzene rings is 1. The molecule has 0 saturated carbocycles. The van der Waals surface area contributed by atoms with Gasteiger partial charge in [-0.05, 0) is 18.4 Å². The highest BCUT2D eigenvalue weighted by Crippen LogP contribution is 2.16. The fourth-order valence-electron chi connectivity index (χ4n) is 1.39. The summed E-state index contributed by atoms with van der Waals surface area (Å²) in [6.45, 7) is 2.18. The van der Waals surface area contributed by atoms with E-state index in [2.05, 4.69) is 36.5 Å². The summed E-state index contributed by atoms with van der Waals surface area (Å²) in [5.41, 5.74) is 1.37. The standard InChI is InChI=1S/C13H19NOS/c1-11(16-10-13(15)14-2)8-9-12-6-4-3-5-7-12/h3-7,11H,8-10H2,1-2H3,(H,14,15)/t11-/m0/s1. The summed E-state index contributed by atoms with van der Waals surface area (Å²) in [6.07, 6.45) is 2.20. The van der Waals surface area contributed by atoms with Crippen molar-refractivity contribution in [2.45, 2.75) is 25.0 Å². The summed E-state index contributed by atoms with van der Waals surface area (Å²) >= 11 is 1.72. The third-order valence-corrected chi connectivity index (χ3v) is 3.69. The van der Waals surface area contributed by atoms with Crippen molar-refractivity contribution in [3.63, 3.8) is 0 Å². The van der Waals surface area contributed by atoms with Gasteiger partial charge in [-0.25, -0.2) is 0 Å².